The molecule has 1 saturated carbocycles. The molecule has 3 atom stereocenters. The third-order valence-electron chi connectivity index (χ3n) is 3.86. The Morgan fingerprint density at radius 2 is 1.91 bits per heavy atom. The fourth-order valence-corrected chi connectivity index (χ4v) is 3.50. The quantitative estimate of drug-likeness (QED) is 0.467. The summed E-state index contributed by atoms with van der Waals surface area (Å²) in [7, 11) is 4.82. The van der Waals surface area contributed by atoms with Crippen molar-refractivity contribution in [1.82, 2.24) is 0 Å². The van der Waals surface area contributed by atoms with Gasteiger partial charge in [0.2, 0.25) is 0 Å². The Balaban J connectivity index is 2.20. The van der Waals surface area contributed by atoms with E-state index in [4.69, 9.17) is 0 Å². The summed E-state index contributed by atoms with van der Waals surface area (Å²) in [5, 5.41) is 0. The molecule has 1 aliphatic carbocycles. The van der Waals surface area contributed by atoms with Gasteiger partial charge in [0.05, 0.1) is 26.7 Å². The van der Waals surface area contributed by atoms with Gasteiger partial charge in [-0.15, -0.1) is 0 Å². The number of fused-ring (bicyclic) bond motifs is 3. The minimum absolute atomic E-state index is 0.972. The third kappa shape index (κ3) is 1.10. The summed E-state index contributed by atoms with van der Waals surface area (Å²) in [5.74, 6) is 2.03. The van der Waals surface area contributed by atoms with E-state index < -0.39 is 0 Å². The summed E-state index contributed by atoms with van der Waals surface area (Å²) in [5.41, 5.74) is 0. The van der Waals surface area contributed by atoms with Crippen LogP contribution in [0.4, 0.5) is 0 Å². The van der Waals surface area contributed by atoms with Crippen LogP contribution in [0.1, 0.15) is 26.2 Å². The van der Waals surface area contributed by atoms with E-state index in [0.717, 1.165) is 17.9 Å². The fourth-order valence-electron chi connectivity index (χ4n) is 3.50. The number of hydrogen-bond donors (Lipinski definition) is 0. The average Bonchev–Trinajstić information content (AvgIpc) is 1.83. The Kier molecular flexibility index (Phi) is 1.54. The molecule has 1 nitrogen and oxygen atoms in total. The van der Waals surface area contributed by atoms with Gasteiger partial charge >= 0.3 is 0 Å². The van der Waals surface area contributed by atoms with E-state index in [0.29, 0.717) is 0 Å². The maximum absolute atomic E-state index is 2.44. The zero-order valence-electron chi connectivity index (χ0n) is 8.01. The summed E-state index contributed by atoms with van der Waals surface area (Å²) >= 11 is 0. The van der Waals surface area contributed by atoms with E-state index in [1.54, 1.807) is 0 Å². The molecule has 0 aromatic carbocycles. The lowest BCUT2D eigenvalue weighted by Crippen LogP contribution is -2.61. The highest BCUT2D eigenvalue weighted by Crippen LogP contribution is 2.41. The Morgan fingerprint density at radius 1 is 1.18 bits per heavy atom. The second-order valence-electron chi connectivity index (χ2n) is 5.18. The SMILES string of the molecule is CC1CC2CCC1[N+](C)(C)C2. The zero-order valence-corrected chi connectivity index (χ0v) is 8.01. The summed E-state index contributed by atoms with van der Waals surface area (Å²) in [6, 6.07) is 0.972. The van der Waals surface area contributed by atoms with Gasteiger partial charge in [-0.05, 0) is 12.8 Å². The minimum atomic E-state index is 0.972. The summed E-state index contributed by atoms with van der Waals surface area (Å²) in [6.07, 6.45) is 4.50. The van der Waals surface area contributed by atoms with E-state index in [-0.39, 0.29) is 0 Å². The molecule has 11 heavy (non-hydrogen) atoms. The van der Waals surface area contributed by atoms with Crippen LogP contribution in [0.5, 0.6) is 0 Å². The molecule has 0 radical (unpaired) electrons. The second-order valence-corrected chi connectivity index (χ2v) is 5.18. The first kappa shape index (κ1) is 7.60. The molecule has 2 heterocycles. The van der Waals surface area contributed by atoms with Crippen molar-refractivity contribution in [2.75, 3.05) is 20.6 Å². The maximum Gasteiger partial charge on any atom is 0.0912 e. The van der Waals surface area contributed by atoms with Gasteiger partial charge in [-0.3, -0.25) is 0 Å². The third-order valence-corrected chi connectivity index (χ3v) is 3.86. The maximum atomic E-state index is 2.44. The minimum Gasteiger partial charge on any atom is -0.326 e. The van der Waals surface area contributed by atoms with Crippen LogP contribution in [0.15, 0.2) is 0 Å². The molecular weight excluding hydrogens is 134 g/mol. The highest BCUT2D eigenvalue weighted by molar-refractivity contribution is 4.83. The Hall–Kier alpha value is -0.0400. The second kappa shape index (κ2) is 2.22. The predicted molar refractivity (Wildman–Crippen MR) is 47.3 cm³/mol. The summed E-state index contributed by atoms with van der Waals surface area (Å²) in [6.45, 7) is 3.88. The van der Waals surface area contributed by atoms with E-state index in [9.17, 15) is 0 Å². The molecule has 0 aromatic rings. The number of piperidine rings is 2. The molecular formula is C10H20N+. The van der Waals surface area contributed by atoms with Crippen LogP contribution >= 0.6 is 0 Å². The van der Waals surface area contributed by atoms with Crippen molar-refractivity contribution in [2.24, 2.45) is 11.8 Å². The lowest BCUT2D eigenvalue weighted by Gasteiger charge is -2.52. The van der Waals surface area contributed by atoms with Crippen molar-refractivity contribution in [3.8, 4) is 0 Å². The number of quaternary nitrogens is 1. The topological polar surface area (TPSA) is 0 Å². The van der Waals surface area contributed by atoms with Gasteiger partial charge in [0.25, 0.3) is 0 Å². The van der Waals surface area contributed by atoms with Crippen molar-refractivity contribution < 1.29 is 4.48 Å². The van der Waals surface area contributed by atoms with Crippen molar-refractivity contribution >= 4 is 0 Å². The van der Waals surface area contributed by atoms with Gasteiger partial charge in [0, 0.05) is 18.3 Å². The van der Waals surface area contributed by atoms with Crippen molar-refractivity contribution in [1.29, 1.82) is 0 Å². The summed E-state index contributed by atoms with van der Waals surface area (Å²) in [4.78, 5) is 0. The van der Waals surface area contributed by atoms with Crippen LogP contribution < -0.4 is 0 Å². The molecule has 1 heteroatoms. The largest absolute Gasteiger partial charge is 0.326 e. The van der Waals surface area contributed by atoms with Gasteiger partial charge in [-0.2, -0.15) is 0 Å². The molecule has 3 fully saturated rings. The van der Waals surface area contributed by atoms with Crippen LogP contribution in [-0.4, -0.2) is 31.2 Å². The molecule has 64 valence electrons. The number of nitrogens with zero attached hydrogens (tertiary/aromatic N) is 1. The molecule has 0 aromatic heterocycles. The van der Waals surface area contributed by atoms with Crippen LogP contribution in [0, 0.1) is 11.8 Å². The predicted octanol–water partition coefficient (Wildman–Crippen LogP) is 1.88. The molecule has 2 bridgehead atoms. The van der Waals surface area contributed by atoms with Crippen molar-refractivity contribution in [2.45, 2.75) is 32.2 Å². The van der Waals surface area contributed by atoms with Gasteiger partial charge in [-0.1, -0.05) is 6.92 Å². The van der Waals surface area contributed by atoms with E-state index in [2.05, 4.69) is 21.0 Å². The number of hydrogen-bond acceptors (Lipinski definition) is 0. The van der Waals surface area contributed by atoms with E-state index in [1.807, 2.05) is 0 Å². The normalized spacial score (nSPS) is 47.7. The van der Waals surface area contributed by atoms with Crippen molar-refractivity contribution in [3.05, 3.63) is 0 Å². The Labute approximate surface area is 70.0 Å². The molecule has 2 saturated heterocycles. The van der Waals surface area contributed by atoms with Gasteiger partial charge in [0.1, 0.15) is 0 Å². The molecule has 3 aliphatic rings. The monoisotopic (exact) mass is 154 g/mol. The highest BCUT2D eigenvalue weighted by Gasteiger charge is 2.45. The molecule has 2 aliphatic heterocycles. The summed E-state index contributed by atoms with van der Waals surface area (Å²) < 4.78 is 1.30. The lowest BCUT2D eigenvalue weighted by atomic mass is 9.72. The van der Waals surface area contributed by atoms with Crippen LogP contribution in [0.25, 0.3) is 0 Å². The van der Waals surface area contributed by atoms with Gasteiger partial charge < -0.3 is 4.48 Å². The lowest BCUT2D eigenvalue weighted by molar-refractivity contribution is -0.933. The van der Waals surface area contributed by atoms with Crippen molar-refractivity contribution in [3.63, 3.8) is 0 Å². The first-order valence-electron chi connectivity index (χ1n) is 4.92. The highest BCUT2D eigenvalue weighted by atomic mass is 15.3. The van der Waals surface area contributed by atoms with E-state index >= 15 is 0 Å². The van der Waals surface area contributed by atoms with Crippen LogP contribution in [-0.2, 0) is 0 Å². The molecule has 3 unspecified atom stereocenters. The van der Waals surface area contributed by atoms with Crippen LogP contribution in [0.2, 0.25) is 0 Å². The Morgan fingerprint density at radius 3 is 2.27 bits per heavy atom. The standard InChI is InChI=1S/C10H20N/c1-8-6-9-4-5-10(8)11(2,3)7-9/h8-10H,4-7H2,1-3H3/q+1. The first-order valence-corrected chi connectivity index (χ1v) is 4.92. The van der Waals surface area contributed by atoms with Gasteiger partial charge in [0.15, 0.2) is 0 Å². The zero-order chi connectivity index (χ0) is 8.06. The van der Waals surface area contributed by atoms with Gasteiger partial charge in [-0.25, -0.2) is 0 Å². The molecule has 0 N–H and O–H groups in total. The fraction of sp³-hybridized carbons (Fsp3) is 1.00. The average molecular weight is 154 g/mol. The Bertz CT molecular complexity index is 162. The van der Waals surface area contributed by atoms with Crippen LogP contribution in [0.3, 0.4) is 0 Å². The first-order chi connectivity index (χ1) is 5.09. The smallest absolute Gasteiger partial charge is 0.0912 e. The molecule has 0 amide bonds. The van der Waals surface area contributed by atoms with E-state index in [1.165, 1.54) is 30.3 Å². The number of rotatable bonds is 0. The molecule has 0 spiro atoms. The molecule has 3 rings (SSSR count).